The van der Waals surface area contributed by atoms with E-state index in [1.54, 1.807) is 26.0 Å². The van der Waals surface area contributed by atoms with E-state index >= 15 is 0 Å². The van der Waals surface area contributed by atoms with Crippen LogP contribution in [0.2, 0.25) is 0 Å². The Morgan fingerprint density at radius 2 is 1.92 bits per heavy atom. The maximum atomic E-state index is 12.2. The number of unbranched alkanes of at least 4 members (excludes halogenated alkanes) is 1. The molecule has 0 spiro atoms. The summed E-state index contributed by atoms with van der Waals surface area (Å²) in [6, 6.07) is 6.44. The molecule has 0 saturated carbocycles. The SMILES string of the molecule is Cc1n[nH]c(=O)c(C(=O)NCCCCc2ccc([N+](=O)[O-])cc2)c1C. The molecule has 25 heavy (non-hydrogen) atoms. The van der Waals surface area contributed by atoms with Crippen LogP contribution in [0.1, 0.15) is 40.0 Å². The summed E-state index contributed by atoms with van der Waals surface area (Å²) in [6.07, 6.45) is 2.33. The van der Waals surface area contributed by atoms with Gasteiger partial charge in [-0.15, -0.1) is 0 Å². The highest BCUT2D eigenvalue weighted by Gasteiger charge is 2.15. The first kappa shape index (κ1) is 18.3. The molecule has 2 rings (SSSR count). The summed E-state index contributed by atoms with van der Waals surface area (Å²) in [6.45, 7) is 3.87. The maximum Gasteiger partial charge on any atom is 0.277 e. The highest BCUT2D eigenvalue weighted by atomic mass is 16.6. The number of H-pyrrole nitrogens is 1. The van der Waals surface area contributed by atoms with Crippen LogP contribution < -0.4 is 10.9 Å². The highest BCUT2D eigenvalue weighted by molar-refractivity contribution is 5.95. The minimum atomic E-state index is -0.494. The van der Waals surface area contributed by atoms with Crippen LogP contribution in [0.3, 0.4) is 0 Å². The molecule has 0 aliphatic heterocycles. The molecule has 2 N–H and O–H groups in total. The van der Waals surface area contributed by atoms with Crippen LogP contribution in [0.4, 0.5) is 5.69 Å². The normalized spacial score (nSPS) is 10.5. The van der Waals surface area contributed by atoms with E-state index < -0.39 is 16.4 Å². The minimum absolute atomic E-state index is 0.0734. The number of amides is 1. The lowest BCUT2D eigenvalue weighted by molar-refractivity contribution is -0.384. The average Bonchev–Trinajstić information content (AvgIpc) is 2.58. The predicted molar refractivity (Wildman–Crippen MR) is 92.7 cm³/mol. The zero-order valence-corrected chi connectivity index (χ0v) is 14.2. The van der Waals surface area contributed by atoms with Gasteiger partial charge in [0.25, 0.3) is 17.2 Å². The Hall–Kier alpha value is -3.03. The van der Waals surface area contributed by atoms with Crippen molar-refractivity contribution in [2.75, 3.05) is 6.54 Å². The van der Waals surface area contributed by atoms with E-state index in [9.17, 15) is 19.7 Å². The molecule has 2 aromatic rings. The molecule has 8 nitrogen and oxygen atoms in total. The Morgan fingerprint density at radius 1 is 1.24 bits per heavy atom. The molecule has 1 aromatic carbocycles. The number of hydrogen-bond donors (Lipinski definition) is 2. The van der Waals surface area contributed by atoms with E-state index in [1.807, 2.05) is 0 Å². The fourth-order valence-corrected chi connectivity index (χ4v) is 2.43. The number of carbonyl (C=O) groups is 1. The third kappa shape index (κ3) is 4.72. The largest absolute Gasteiger partial charge is 0.352 e. The molecule has 0 fully saturated rings. The van der Waals surface area contributed by atoms with E-state index in [1.165, 1.54) is 12.1 Å². The van der Waals surface area contributed by atoms with Crippen LogP contribution in [0.15, 0.2) is 29.1 Å². The zero-order valence-electron chi connectivity index (χ0n) is 14.2. The van der Waals surface area contributed by atoms with Crippen molar-refractivity contribution in [3.63, 3.8) is 0 Å². The van der Waals surface area contributed by atoms with Crippen LogP contribution >= 0.6 is 0 Å². The minimum Gasteiger partial charge on any atom is -0.352 e. The second kappa shape index (κ2) is 8.18. The number of rotatable bonds is 7. The number of nitro groups is 1. The van der Waals surface area contributed by atoms with E-state index in [2.05, 4.69) is 15.5 Å². The van der Waals surface area contributed by atoms with Gasteiger partial charge in [-0.05, 0) is 44.2 Å². The first-order valence-corrected chi connectivity index (χ1v) is 7.97. The number of non-ortho nitro benzene ring substituents is 1. The standard InChI is InChI=1S/C17H20N4O4/c1-11-12(2)19-20-17(23)15(11)16(22)18-10-4-3-5-13-6-8-14(9-7-13)21(24)25/h6-9H,3-5,10H2,1-2H3,(H,18,22)(H,20,23). The Labute approximate surface area is 144 Å². The lowest BCUT2D eigenvalue weighted by Crippen LogP contribution is -2.32. The van der Waals surface area contributed by atoms with Crippen molar-refractivity contribution in [3.8, 4) is 0 Å². The third-order valence-electron chi connectivity index (χ3n) is 4.02. The summed E-state index contributed by atoms with van der Waals surface area (Å²) in [5.41, 5.74) is 1.88. The van der Waals surface area contributed by atoms with Crippen LogP contribution in [-0.2, 0) is 6.42 Å². The molecule has 0 aliphatic rings. The second-order valence-electron chi connectivity index (χ2n) is 5.77. The number of nitrogens with one attached hydrogen (secondary N) is 2. The number of nitro benzene ring substituents is 1. The van der Waals surface area contributed by atoms with Crippen molar-refractivity contribution < 1.29 is 9.72 Å². The van der Waals surface area contributed by atoms with Crippen molar-refractivity contribution in [1.82, 2.24) is 15.5 Å². The van der Waals surface area contributed by atoms with Gasteiger partial charge in [-0.3, -0.25) is 19.7 Å². The topological polar surface area (TPSA) is 118 Å². The lowest BCUT2D eigenvalue weighted by atomic mass is 10.1. The van der Waals surface area contributed by atoms with Crippen molar-refractivity contribution in [2.24, 2.45) is 0 Å². The van der Waals surface area contributed by atoms with Gasteiger partial charge in [0.05, 0.1) is 10.6 Å². The van der Waals surface area contributed by atoms with Gasteiger partial charge in [0.15, 0.2) is 0 Å². The summed E-state index contributed by atoms with van der Waals surface area (Å²) < 4.78 is 0. The fourth-order valence-electron chi connectivity index (χ4n) is 2.43. The summed E-state index contributed by atoms with van der Waals surface area (Å²) in [4.78, 5) is 34.1. The molecular formula is C17H20N4O4. The van der Waals surface area contributed by atoms with E-state index in [4.69, 9.17) is 0 Å². The molecule has 132 valence electrons. The van der Waals surface area contributed by atoms with Crippen LogP contribution in [0.5, 0.6) is 0 Å². The summed E-state index contributed by atoms with van der Waals surface area (Å²) in [5, 5.41) is 19.5. The number of carbonyl (C=O) groups excluding carboxylic acids is 1. The van der Waals surface area contributed by atoms with E-state index in [0.29, 0.717) is 17.8 Å². The highest BCUT2D eigenvalue weighted by Crippen LogP contribution is 2.13. The Balaban J connectivity index is 1.80. The second-order valence-corrected chi connectivity index (χ2v) is 5.77. The molecular weight excluding hydrogens is 324 g/mol. The van der Waals surface area contributed by atoms with E-state index in [-0.39, 0.29) is 11.3 Å². The molecule has 0 atom stereocenters. The van der Waals surface area contributed by atoms with Gasteiger partial charge in [-0.25, -0.2) is 5.10 Å². The molecule has 8 heteroatoms. The first-order valence-electron chi connectivity index (χ1n) is 7.97. The third-order valence-corrected chi connectivity index (χ3v) is 4.02. The zero-order chi connectivity index (χ0) is 18.4. The number of nitrogens with zero attached hydrogens (tertiary/aromatic N) is 2. The maximum absolute atomic E-state index is 12.2. The van der Waals surface area contributed by atoms with Crippen molar-refractivity contribution in [2.45, 2.75) is 33.1 Å². The molecule has 0 bridgehead atoms. The predicted octanol–water partition coefficient (Wildman–Crippen LogP) is 2.05. The molecule has 0 aliphatic carbocycles. The van der Waals surface area contributed by atoms with Gasteiger partial charge < -0.3 is 5.32 Å². The number of benzene rings is 1. The number of aromatic amines is 1. The molecule has 1 amide bonds. The lowest BCUT2D eigenvalue weighted by Gasteiger charge is -2.08. The van der Waals surface area contributed by atoms with Crippen LogP contribution in [0.25, 0.3) is 0 Å². The van der Waals surface area contributed by atoms with Gasteiger partial charge in [0.2, 0.25) is 0 Å². The van der Waals surface area contributed by atoms with Crippen molar-refractivity contribution in [1.29, 1.82) is 0 Å². The van der Waals surface area contributed by atoms with Gasteiger partial charge in [-0.2, -0.15) is 5.10 Å². The van der Waals surface area contributed by atoms with Crippen molar-refractivity contribution in [3.05, 3.63) is 67.1 Å². The number of aryl methyl sites for hydroxylation is 2. The smallest absolute Gasteiger partial charge is 0.277 e. The van der Waals surface area contributed by atoms with Crippen LogP contribution in [-0.4, -0.2) is 27.6 Å². The molecule has 1 heterocycles. The Kier molecular flexibility index (Phi) is 5.99. The van der Waals surface area contributed by atoms with Gasteiger partial charge in [0, 0.05) is 18.7 Å². The van der Waals surface area contributed by atoms with Crippen molar-refractivity contribution >= 4 is 11.6 Å². The van der Waals surface area contributed by atoms with Gasteiger partial charge in [0.1, 0.15) is 5.56 Å². The van der Waals surface area contributed by atoms with E-state index in [0.717, 1.165) is 24.8 Å². The fraction of sp³-hybridized carbons (Fsp3) is 0.353. The molecule has 0 unspecified atom stereocenters. The summed E-state index contributed by atoms with van der Waals surface area (Å²) >= 11 is 0. The van der Waals surface area contributed by atoms with Gasteiger partial charge >= 0.3 is 0 Å². The molecule has 0 saturated heterocycles. The number of aromatic nitrogens is 2. The van der Waals surface area contributed by atoms with Gasteiger partial charge in [-0.1, -0.05) is 12.1 Å². The van der Waals surface area contributed by atoms with Crippen LogP contribution in [0, 0.1) is 24.0 Å². The first-order chi connectivity index (χ1) is 11.9. The molecule has 0 radical (unpaired) electrons. The number of hydrogen-bond acceptors (Lipinski definition) is 5. The Morgan fingerprint density at radius 3 is 2.56 bits per heavy atom. The summed E-state index contributed by atoms with van der Waals surface area (Å²) in [7, 11) is 0. The average molecular weight is 344 g/mol. The summed E-state index contributed by atoms with van der Waals surface area (Å²) in [5.74, 6) is -0.403. The Bertz CT molecular complexity index is 828. The quantitative estimate of drug-likeness (QED) is 0.453. The monoisotopic (exact) mass is 344 g/mol. The molecule has 1 aromatic heterocycles.